The van der Waals surface area contributed by atoms with E-state index in [0.717, 1.165) is 30.8 Å². The van der Waals surface area contributed by atoms with Gasteiger partial charge in [-0.05, 0) is 49.1 Å². The number of aromatic hydroxyl groups is 1. The van der Waals surface area contributed by atoms with Crippen LogP contribution < -0.4 is 11.1 Å². The monoisotopic (exact) mass is 192 g/mol. The van der Waals surface area contributed by atoms with Crippen molar-refractivity contribution in [2.45, 2.75) is 18.8 Å². The summed E-state index contributed by atoms with van der Waals surface area (Å²) in [6, 6.07) is 5.20. The minimum absolute atomic E-state index is 0.305. The van der Waals surface area contributed by atoms with Gasteiger partial charge in [-0.25, -0.2) is 0 Å². The smallest absolute Gasteiger partial charge is 0.116 e. The van der Waals surface area contributed by atoms with Crippen molar-refractivity contribution < 1.29 is 5.11 Å². The molecule has 1 heterocycles. The Morgan fingerprint density at radius 3 is 3.00 bits per heavy atom. The van der Waals surface area contributed by atoms with Gasteiger partial charge in [-0.3, -0.25) is 0 Å². The molecule has 0 radical (unpaired) electrons. The van der Waals surface area contributed by atoms with Crippen LogP contribution in [0.2, 0.25) is 0 Å². The first-order valence-corrected chi connectivity index (χ1v) is 5.06. The molecule has 0 aliphatic carbocycles. The molecule has 76 valence electrons. The molecule has 4 N–H and O–H groups in total. The van der Waals surface area contributed by atoms with E-state index in [0.29, 0.717) is 11.7 Å². The van der Waals surface area contributed by atoms with Crippen molar-refractivity contribution in [3.8, 4) is 5.75 Å². The predicted molar refractivity (Wildman–Crippen MR) is 57.4 cm³/mol. The first-order chi connectivity index (χ1) is 6.77. The Morgan fingerprint density at radius 2 is 2.29 bits per heavy atom. The predicted octanol–water partition coefficient (Wildman–Crippen LogP) is 1.44. The molecule has 14 heavy (non-hydrogen) atoms. The fraction of sp³-hybridized carbons (Fsp3) is 0.455. The first-order valence-electron chi connectivity index (χ1n) is 5.06. The highest BCUT2D eigenvalue weighted by Gasteiger charge is 2.17. The number of nitrogen functional groups attached to an aromatic ring is 1. The van der Waals surface area contributed by atoms with Gasteiger partial charge in [0.25, 0.3) is 0 Å². The molecule has 0 aromatic heterocycles. The summed E-state index contributed by atoms with van der Waals surface area (Å²) in [6.45, 7) is 2.06. The number of nitrogens with one attached hydrogen (secondary N) is 1. The molecule has 0 bridgehead atoms. The summed E-state index contributed by atoms with van der Waals surface area (Å²) in [5, 5.41) is 12.7. The zero-order valence-corrected chi connectivity index (χ0v) is 8.16. The molecule has 1 aliphatic heterocycles. The van der Waals surface area contributed by atoms with Crippen molar-refractivity contribution in [1.82, 2.24) is 5.32 Å². The molecule has 0 amide bonds. The lowest BCUT2D eigenvalue weighted by Crippen LogP contribution is -2.28. The van der Waals surface area contributed by atoms with E-state index in [1.54, 1.807) is 18.2 Å². The number of benzene rings is 1. The fourth-order valence-electron chi connectivity index (χ4n) is 2.03. The third-order valence-electron chi connectivity index (χ3n) is 2.81. The van der Waals surface area contributed by atoms with Gasteiger partial charge in [-0.2, -0.15) is 0 Å². The van der Waals surface area contributed by atoms with Crippen molar-refractivity contribution in [2.24, 2.45) is 0 Å². The summed E-state index contributed by atoms with van der Waals surface area (Å²) in [6.07, 6.45) is 2.33. The number of rotatable bonds is 1. The van der Waals surface area contributed by atoms with Crippen molar-refractivity contribution in [3.63, 3.8) is 0 Å². The maximum Gasteiger partial charge on any atom is 0.116 e. The highest BCUT2D eigenvalue weighted by atomic mass is 16.3. The number of phenols is 1. The van der Waals surface area contributed by atoms with Crippen LogP contribution in [0.1, 0.15) is 24.3 Å². The Hall–Kier alpha value is -1.22. The van der Waals surface area contributed by atoms with E-state index in [4.69, 9.17) is 5.73 Å². The molecule has 1 aliphatic rings. The Balaban J connectivity index is 2.24. The van der Waals surface area contributed by atoms with Gasteiger partial charge in [0.1, 0.15) is 5.75 Å². The molecule has 0 saturated carbocycles. The summed E-state index contributed by atoms with van der Waals surface area (Å²) in [5.41, 5.74) is 7.75. The zero-order chi connectivity index (χ0) is 9.97. The molecule has 3 heteroatoms. The number of hydrogen-bond donors (Lipinski definition) is 3. The topological polar surface area (TPSA) is 58.3 Å². The average Bonchev–Trinajstić information content (AvgIpc) is 2.23. The SMILES string of the molecule is Nc1ccc(O)cc1C1CCCNC1. The van der Waals surface area contributed by atoms with E-state index in [1.165, 1.54) is 6.42 Å². The minimum atomic E-state index is 0.305. The Labute approximate surface area is 83.9 Å². The number of nitrogens with two attached hydrogens (primary N) is 1. The van der Waals surface area contributed by atoms with E-state index in [-0.39, 0.29) is 0 Å². The highest BCUT2D eigenvalue weighted by Crippen LogP contribution is 2.30. The fourth-order valence-corrected chi connectivity index (χ4v) is 2.03. The van der Waals surface area contributed by atoms with Crippen LogP contribution in [0.4, 0.5) is 5.69 Å². The van der Waals surface area contributed by atoms with Gasteiger partial charge in [-0.15, -0.1) is 0 Å². The molecular weight excluding hydrogens is 176 g/mol. The van der Waals surface area contributed by atoms with Crippen LogP contribution >= 0.6 is 0 Å². The van der Waals surface area contributed by atoms with Crippen LogP contribution in [0, 0.1) is 0 Å². The summed E-state index contributed by atoms with van der Waals surface area (Å²) in [5.74, 6) is 0.760. The lowest BCUT2D eigenvalue weighted by molar-refractivity contribution is 0.453. The third kappa shape index (κ3) is 1.82. The van der Waals surface area contributed by atoms with Crippen molar-refractivity contribution in [2.75, 3.05) is 18.8 Å². The Morgan fingerprint density at radius 1 is 1.43 bits per heavy atom. The molecule has 1 saturated heterocycles. The normalized spacial score (nSPS) is 22.1. The van der Waals surface area contributed by atoms with E-state index in [2.05, 4.69) is 5.32 Å². The van der Waals surface area contributed by atoms with Crippen molar-refractivity contribution in [3.05, 3.63) is 23.8 Å². The van der Waals surface area contributed by atoms with Crippen LogP contribution in [-0.4, -0.2) is 18.2 Å². The summed E-state index contributed by atoms with van der Waals surface area (Å²) >= 11 is 0. The standard InChI is InChI=1S/C11H16N2O/c12-11-4-3-9(14)6-10(11)8-2-1-5-13-7-8/h3-4,6,8,13-14H,1-2,5,7,12H2. The lowest BCUT2D eigenvalue weighted by atomic mass is 9.90. The maximum absolute atomic E-state index is 9.39. The second kappa shape index (κ2) is 3.88. The first kappa shape index (κ1) is 9.34. The Kier molecular flexibility index (Phi) is 2.59. The van der Waals surface area contributed by atoms with Gasteiger partial charge in [0.15, 0.2) is 0 Å². The molecular formula is C11H16N2O. The van der Waals surface area contributed by atoms with Gasteiger partial charge >= 0.3 is 0 Å². The quantitative estimate of drug-likeness (QED) is 0.466. The molecule has 1 atom stereocenters. The van der Waals surface area contributed by atoms with E-state index in [9.17, 15) is 5.11 Å². The third-order valence-corrected chi connectivity index (χ3v) is 2.81. The molecule has 1 unspecified atom stereocenters. The minimum Gasteiger partial charge on any atom is -0.508 e. The molecule has 3 nitrogen and oxygen atoms in total. The molecule has 2 rings (SSSR count). The zero-order valence-electron chi connectivity index (χ0n) is 8.16. The molecule has 1 aromatic rings. The summed E-state index contributed by atoms with van der Waals surface area (Å²) in [7, 11) is 0. The van der Waals surface area contributed by atoms with Gasteiger partial charge in [0.05, 0.1) is 0 Å². The maximum atomic E-state index is 9.39. The van der Waals surface area contributed by atoms with Gasteiger partial charge in [-0.1, -0.05) is 0 Å². The average molecular weight is 192 g/mol. The van der Waals surface area contributed by atoms with Crippen LogP contribution in [0.5, 0.6) is 5.75 Å². The molecule has 0 spiro atoms. The summed E-state index contributed by atoms with van der Waals surface area (Å²) in [4.78, 5) is 0. The number of anilines is 1. The Bertz CT molecular complexity index is 319. The number of piperidine rings is 1. The highest BCUT2D eigenvalue weighted by molar-refractivity contribution is 5.52. The molecule has 1 aromatic carbocycles. The van der Waals surface area contributed by atoms with E-state index < -0.39 is 0 Å². The van der Waals surface area contributed by atoms with Gasteiger partial charge in [0.2, 0.25) is 0 Å². The molecule has 1 fully saturated rings. The van der Waals surface area contributed by atoms with E-state index >= 15 is 0 Å². The van der Waals surface area contributed by atoms with Crippen LogP contribution in [0.3, 0.4) is 0 Å². The largest absolute Gasteiger partial charge is 0.508 e. The van der Waals surface area contributed by atoms with Gasteiger partial charge < -0.3 is 16.2 Å². The van der Waals surface area contributed by atoms with Crippen molar-refractivity contribution in [1.29, 1.82) is 0 Å². The van der Waals surface area contributed by atoms with Crippen LogP contribution in [0.15, 0.2) is 18.2 Å². The van der Waals surface area contributed by atoms with Crippen LogP contribution in [-0.2, 0) is 0 Å². The van der Waals surface area contributed by atoms with Crippen molar-refractivity contribution >= 4 is 5.69 Å². The second-order valence-corrected chi connectivity index (χ2v) is 3.86. The summed E-state index contributed by atoms with van der Waals surface area (Å²) < 4.78 is 0. The second-order valence-electron chi connectivity index (χ2n) is 3.86. The number of phenolic OH excluding ortho intramolecular Hbond substituents is 1. The van der Waals surface area contributed by atoms with E-state index in [1.807, 2.05) is 0 Å². The van der Waals surface area contributed by atoms with Crippen LogP contribution in [0.25, 0.3) is 0 Å². The van der Waals surface area contributed by atoms with Gasteiger partial charge in [0, 0.05) is 12.2 Å². The number of hydrogen-bond acceptors (Lipinski definition) is 3. The lowest BCUT2D eigenvalue weighted by Gasteiger charge is -2.24.